The van der Waals surface area contributed by atoms with Crippen LogP contribution in [0.15, 0.2) is 41.0 Å². The van der Waals surface area contributed by atoms with Crippen LogP contribution in [0, 0.1) is 0 Å². The monoisotopic (exact) mass is 289 g/mol. The summed E-state index contributed by atoms with van der Waals surface area (Å²) in [5, 5.41) is 2.81. The number of carbonyl (C=O) groups is 1. The number of amides is 1. The number of benzene rings is 1. The van der Waals surface area contributed by atoms with Gasteiger partial charge in [-0.25, -0.2) is 0 Å². The molecule has 1 N–H and O–H groups in total. The van der Waals surface area contributed by atoms with Gasteiger partial charge in [0.25, 0.3) is 5.91 Å². The van der Waals surface area contributed by atoms with E-state index in [0.717, 1.165) is 0 Å². The Labute approximate surface area is 121 Å². The van der Waals surface area contributed by atoms with Crippen molar-refractivity contribution in [2.45, 2.75) is 6.10 Å². The van der Waals surface area contributed by atoms with E-state index >= 15 is 0 Å². The largest absolute Gasteiger partial charge is 0.467 e. The van der Waals surface area contributed by atoms with Crippen LogP contribution >= 0.6 is 0 Å². The molecule has 1 unspecified atom stereocenters. The summed E-state index contributed by atoms with van der Waals surface area (Å²) in [6.45, 7) is 0.502. The average molecular weight is 289 g/mol. The van der Waals surface area contributed by atoms with Gasteiger partial charge >= 0.3 is 0 Å². The Bertz CT molecular complexity index is 623. The molecule has 0 fully saturated rings. The van der Waals surface area contributed by atoms with E-state index in [2.05, 4.69) is 5.32 Å². The van der Waals surface area contributed by atoms with Gasteiger partial charge in [-0.2, -0.15) is 0 Å². The molecule has 0 saturated heterocycles. The maximum absolute atomic E-state index is 12.1. The summed E-state index contributed by atoms with van der Waals surface area (Å²) in [5.74, 6) is 1.69. The van der Waals surface area contributed by atoms with Gasteiger partial charge in [0.05, 0.1) is 12.8 Å². The molecule has 21 heavy (non-hydrogen) atoms. The number of hydrogen-bond acceptors (Lipinski definition) is 5. The van der Waals surface area contributed by atoms with Crippen LogP contribution in [0.25, 0.3) is 0 Å². The number of nitrogens with one attached hydrogen (secondary N) is 1. The third-order valence-corrected chi connectivity index (χ3v) is 3.23. The summed E-state index contributed by atoms with van der Waals surface area (Å²) in [6.07, 6.45) is 1.25. The Morgan fingerprint density at radius 3 is 2.95 bits per heavy atom. The third kappa shape index (κ3) is 2.85. The molecule has 0 aliphatic carbocycles. The Hall–Kier alpha value is -2.47. The fourth-order valence-electron chi connectivity index (χ4n) is 2.10. The molecule has 0 saturated carbocycles. The number of rotatable bonds is 5. The molecule has 0 bridgehead atoms. The lowest BCUT2D eigenvalue weighted by Gasteiger charge is -2.13. The molecule has 2 heterocycles. The molecule has 110 valence electrons. The lowest BCUT2D eigenvalue weighted by molar-refractivity contribution is 0.0738. The molecule has 6 nitrogen and oxygen atoms in total. The number of fused-ring (bicyclic) bond motifs is 1. The van der Waals surface area contributed by atoms with Crippen LogP contribution in [0.3, 0.4) is 0 Å². The maximum atomic E-state index is 12.1. The standard InChI is InChI=1S/C15H15NO5/c1-18-14(11-3-2-6-19-11)8-16-15(17)10-4-5-12-13(7-10)21-9-20-12/h2-7,14H,8-9H2,1H3,(H,16,17). The second-order valence-electron chi connectivity index (χ2n) is 4.52. The quantitative estimate of drug-likeness (QED) is 0.913. The first-order chi connectivity index (χ1) is 10.3. The zero-order valence-electron chi connectivity index (χ0n) is 11.5. The van der Waals surface area contributed by atoms with Crippen molar-refractivity contribution in [1.82, 2.24) is 5.32 Å². The molecule has 3 rings (SSSR count). The Balaban J connectivity index is 1.63. The van der Waals surface area contributed by atoms with Crippen LogP contribution in [-0.4, -0.2) is 26.4 Å². The van der Waals surface area contributed by atoms with E-state index in [-0.39, 0.29) is 18.8 Å². The number of hydrogen-bond donors (Lipinski definition) is 1. The van der Waals surface area contributed by atoms with E-state index < -0.39 is 0 Å². The van der Waals surface area contributed by atoms with Gasteiger partial charge in [-0.15, -0.1) is 0 Å². The average Bonchev–Trinajstić information content (AvgIpc) is 3.18. The van der Waals surface area contributed by atoms with E-state index in [1.165, 1.54) is 0 Å². The molecule has 1 amide bonds. The van der Waals surface area contributed by atoms with Crippen molar-refractivity contribution in [3.8, 4) is 11.5 Å². The van der Waals surface area contributed by atoms with Gasteiger partial charge in [0.2, 0.25) is 6.79 Å². The van der Waals surface area contributed by atoms with Crippen LogP contribution in [0.4, 0.5) is 0 Å². The van der Waals surface area contributed by atoms with Gasteiger partial charge in [0.1, 0.15) is 11.9 Å². The minimum atomic E-state index is -0.321. The van der Waals surface area contributed by atoms with E-state index in [1.807, 2.05) is 0 Å². The van der Waals surface area contributed by atoms with Crippen molar-refractivity contribution in [2.24, 2.45) is 0 Å². The molecule has 0 radical (unpaired) electrons. The summed E-state index contributed by atoms with van der Waals surface area (Å²) in [4.78, 5) is 12.1. The molecule has 1 atom stereocenters. The van der Waals surface area contributed by atoms with Gasteiger partial charge in [0, 0.05) is 12.7 Å². The summed E-state index contributed by atoms with van der Waals surface area (Å²) < 4.78 is 21.0. The summed E-state index contributed by atoms with van der Waals surface area (Å²) in [6, 6.07) is 8.66. The van der Waals surface area contributed by atoms with Crippen LogP contribution in [-0.2, 0) is 4.74 Å². The Kier molecular flexibility index (Phi) is 3.79. The highest BCUT2D eigenvalue weighted by Crippen LogP contribution is 2.32. The smallest absolute Gasteiger partial charge is 0.251 e. The third-order valence-electron chi connectivity index (χ3n) is 3.23. The predicted molar refractivity (Wildman–Crippen MR) is 73.4 cm³/mol. The fraction of sp³-hybridized carbons (Fsp3) is 0.267. The number of ether oxygens (including phenoxy) is 3. The van der Waals surface area contributed by atoms with Crippen LogP contribution in [0.2, 0.25) is 0 Å². The van der Waals surface area contributed by atoms with Gasteiger partial charge in [-0.05, 0) is 30.3 Å². The van der Waals surface area contributed by atoms with Gasteiger partial charge in [-0.1, -0.05) is 0 Å². The van der Waals surface area contributed by atoms with Gasteiger partial charge in [0.15, 0.2) is 11.5 Å². The first kappa shape index (κ1) is 13.5. The molecule has 1 aromatic heterocycles. The molecule has 1 aliphatic rings. The van der Waals surface area contributed by atoms with Gasteiger partial charge < -0.3 is 23.9 Å². The summed E-state index contributed by atoms with van der Waals surface area (Å²) in [5.41, 5.74) is 0.508. The van der Waals surface area contributed by atoms with Gasteiger partial charge in [-0.3, -0.25) is 4.79 Å². The molecule has 6 heteroatoms. The summed E-state index contributed by atoms with van der Waals surface area (Å²) >= 11 is 0. The first-order valence-corrected chi connectivity index (χ1v) is 6.52. The topological polar surface area (TPSA) is 69.9 Å². The second-order valence-corrected chi connectivity index (χ2v) is 4.52. The molecule has 1 aliphatic heterocycles. The van der Waals surface area contributed by atoms with Crippen molar-refractivity contribution in [3.05, 3.63) is 47.9 Å². The minimum Gasteiger partial charge on any atom is -0.467 e. The highest BCUT2D eigenvalue weighted by atomic mass is 16.7. The van der Waals surface area contributed by atoms with E-state index in [1.54, 1.807) is 43.7 Å². The Morgan fingerprint density at radius 2 is 2.19 bits per heavy atom. The van der Waals surface area contributed by atoms with E-state index in [0.29, 0.717) is 29.4 Å². The van der Waals surface area contributed by atoms with Crippen LogP contribution < -0.4 is 14.8 Å². The minimum absolute atomic E-state index is 0.185. The number of carbonyl (C=O) groups excluding carboxylic acids is 1. The fourth-order valence-corrected chi connectivity index (χ4v) is 2.10. The molecule has 2 aromatic rings. The lowest BCUT2D eigenvalue weighted by Crippen LogP contribution is -2.28. The molecule has 0 spiro atoms. The van der Waals surface area contributed by atoms with Crippen molar-refractivity contribution >= 4 is 5.91 Å². The van der Waals surface area contributed by atoms with E-state index in [9.17, 15) is 4.79 Å². The Morgan fingerprint density at radius 1 is 1.33 bits per heavy atom. The first-order valence-electron chi connectivity index (χ1n) is 6.52. The van der Waals surface area contributed by atoms with Crippen molar-refractivity contribution in [2.75, 3.05) is 20.4 Å². The highest BCUT2D eigenvalue weighted by Gasteiger charge is 2.18. The van der Waals surface area contributed by atoms with E-state index in [4.69, 9.17) is 18.6 Å². The number of furan rings is 1. The maximum Gasteiger partial charge on any atom is 0.251 e. The lowest BCUT2D eigenvalue weighted by atomic mass is 10.2. The number of methoxy groups -OCH3 is 1. The molecular weight excluding hydrogens is 274 g/mol. The molecule has 1 aromatic carbocycles. The van der Waals surface area contributed by atoms with Crippen molar-refractivity contribution in [1.29, 1.82) is 0 Å². The van der Waals surface area contributed by atoms with Crippen LogP contribution in [0.5, 0.6) is 11.5 Å². The zero-order chi connectivity index (χ0) is 14.7. The zero-order valence-corrected chi connectivity index (χ0v) is 11.5. The second kappa shape index (κ2) is 5.88. The SMILES string of the molecule is COC(CNC(=O)c1ccc2c(c1)OCO2)c1ccco1. The van der Waals surface area contributed by atoms with Crippen molar-refractivity contribution in [3.63, 3.8) is 0 Å². The normalized spacial score (nSPS) is 14.0. The molecular formula is C15H15NO5. The van der Waals surface area contributed by atoms with Crippen LogP contribution in [0.1, 0.15) is 22.2 Å². The summed E-state index contributed by atoms with van der Waals surface area (Å²) in [7, 11) is 1.57. The predicted octanol–water partition coefficient (Wildman–Crippen LogP) is 2.13. The van der Waals surface area contributed by atoms with Crippen molar-refractivity contribution < 1.29 is 23.4 Å². The highest BCUT2D eigenvalue weighted by molar-refractivity contribution is 5.94.